The molecule has 1 aromatic heterocycles. The van der Waals surface area contributed by atoms with Crippen LogP contribution < -0.4 is 0 Å². The lowest BCUT2D eigenvalue weighted by molar-refractivity contribution is -0.123. The first-order valence-electron chi connectivity index (χ1n) is 10.9. The highest BCUT2D eigenvalue weighted by atomic mass is 32.2. The van der Waals surface area contributed by atoms with E-state index in [-0.39, 0.29) is 17.7 Å². The van der Waals surface area contributed by atoms with Gasteiger partial charge in [-0.1, -0.05) is 24.3 Å². The summed E-state index contributed by atoms with van der Waals surface area (Å²) in [4.78, 5) is 39.2. The molecule has 2 aromatic carbocycles. The van der Waals surface area contributed by atoms with E-state index < -0.39 is 5.97 Å². The van der Waals surface area contributed by atoms with Crippen LogP contribution in [0.5, 0.6) is 0 Å². The molecule has 0 bridgehead atoms. The molecule has 4 rings (SSSR count). The Kier molecular flexibility index (Phi) is 6.63. The Morgan fingerprint density at radius 2 is 1.86 bits per heavy atom. The van der Waals surface area contributed by atoms with E-state index in [4.69, 9.17) is 4.74 Å². The van der Waals surface area contributed by atoms with Crippen molar-refractivity contribution >= 4 is 35.0 Å². The van der Waals surface area contributed by atoms with Crippen molar-refractivity contribution in [3.63, 3.8) is 0 Å². The Bertz CT molecular complexity index is 1450. The highest BCUT2D eigenvalue weighted by molar-refractivity contribution is 8.18. The molecule has 0 saturated carbocycles. The Morgan fingerprint density at radius 1 is 1.11 bits per heavy atom. The molecule has 35 heavy (non-hydrogen) atoms. The minimum absolute atomic E-state index is 0.0459. The van der Waals surface area contributed by atoms with Gasteiger partial charge in [0.2, 0.25) is 0 Å². The number of nitrogens with zero attached hydrogens (tertiary/aromatic N) is 3. The molecule has 3 aromatic rings. The summed E-state index contributed by atoms with van der Waals surface area (Å²) in [5.41, 5.74) is 5.90. The topological polar surface area (TPSA) is 92.4 Å². The number of esters is 1. The van der Waals surface area contributed by atoms with Gasteiger partial charge in [0.15, 0.2) is 0 Å². The number of methoxy groups -OCH3 is 1. The second kappa shape index (κ2) is 9.65. The number of carbonyl (C=O) groups is 3. The van der Waals surface area contributed by atoms with Gasteiger partial charge in [0.1, 0.15) is 0 Å². The van der Waals surface area contributed by atoms with E-state index in [1.807, 2.05) is 37.5 Å². The van der Waals surface area contributed by atoms with Crippen molar-refractivity contribution in [3.8, 4) is 11.8 Å². The Labute approximate surface area is 207 Å². The van der Waals surface area contributed by atoms with Crippen molar-refractivity contribution in [1.82, 2.24) is 9.47 Å². The van der Waals surface area contributed by atoms with Crippen LogP contribution in [0.2, 0.25) is 0 Å². The molecule has 0 N–H and O–H groups in total. The first kappa shape index (κ1) is 24.0. The zero-order chi connectivity index (χ0) is 25.3. The van der Waals surface area contributed by atoms with Crippen molar-refractivity contribution < 1.29 is 19.1 Å². The smallest absolute Gasteiger partial charge is 0.337 e. The molecule has 1 fully saturated rings. The molecule has 0 atom stereocenters. The third-order valence-electron chi connectivity index (χ3n) is 5.97. The van der Waals surface area contributed by atoms with Crippen molar-refractivity contribution in [2.75, 3.05) is 7.11 Å². The SMILES string of the molecule is COC(=O)c1ccc(C)c(-n2c(C)cc(/C=C3/SC(=O)N(Cc4ccccc4C#N)C3=O)c2C)c1. The average Bonchev–Trinajstić information content (AvgIpc) is 3.28. The lowest BCUT2D eigenvalue weighted by Gasteiger charge is -2.14. The van der Waals surface area contributed by atoms with Gasteiger partial charge in [-0.25, -0.2) is 4.79 Å². The molecule has 1 saturated heterocycles. The first-order chi connectivity index (χ1) is 16.7. The molecule has 2 heterocycles. The summed E-state index contributed by atoms with van der Waals surface area (Å²) >= 11 is 0.887. The Morgan fingerprint density at radius 3 is 2.57 bits per heavy atom. The molecule has 0 spiro atoms. The summed E-state index contributed by atoms with van der Waals surface area (Å²) in [5, 5.41) is 8.95. The maximum atomic E-state index is 13.1. The molecule has 0 aliphatic carbocycles. The number of ether oxygens (including phenoxy) is 1. The van der Waals surface area contributed by atoms with Gasteiger partial charge < -0.3 is 9.30 Å². The second-order valence-corrected chi connectivity index (χ2v) is 9.18. The second-order valence-electron chi connectivity index (χ2n) is 8.19. The summed E-state index contributed by atoms with van der Waals surface area (Å²) in [6.07, 6.45) is 1.72. The van der Waals surface area contributed by atoms with Crippen LogP contribution in [0, 0.1) is 32.1 Å². The quantitative estimate of drug-likeness (QED) is 0.360. The number of thioether (sulfide) groups is 1. The molecule has 8 heteroatoms. The van der Waals surface area contributed by atoms with E-state index in [1.165, 1.54) is 7.11 Å². The van der Waals surface area contributed by atoms with E-state index in [1.54, 1.807) is 42.5 Å². The number of amides is 2. The van der Waals surface area contributed by atoms with Gasteiger partial charge in [-0.2, -0.15) is 5.26 Å². The zero-order valence-electron chi connectivity index (χ0n) is 19.8. The number of hydrogen-bond donors (Lipinski definition) is 0. The minimum Gasteiger partial charge on any atom is -0.465 e. The Balaban J connectivity index is 1.67. The monoisotopic (exact) mass is 485 g/mol. The van der Waals surface area contributed by atoms with Crippen LogP contribution in [0.15, 0.2) is 53.4 Å². The summed E-state index contributed by atoms with van der Waals surface area (Å²) in [7, 11) is 1.35. The van der Waals surface area contributed by atoms with Gasteiger partial charge >= 0.3 is 5.97 Å². The average molecular weight is 486 g/mol. The number of rotatable bonds is 5. The van der Waals surface area contributed by atoms with E-state index >= 15 is 0 Å². The highest BCUT2D eigenvalue weighted by Gasteiger charge is 2.35. The van der Waals surface area contributed by atoms with Crippen molar-refractivity contribution in [3.05, 3.63) is 92.6 Å². The number of aromatic nitrogens is 1. The van der Waals surface area contributed by atoms with Crippen LogP contribution in [0.1, 0.15) is 44.0 Å². The summed E-state index contributed by atoms with van der Waals surface area (Å²) in [6, 6.07) is 16.3. The van der Waals surface area contributed by atoms with E-state index in [2.05, 4.69) is 6.07 Å². The van der Waals surface area contributed by atoms with Crippen molar-refractivity contribution in [1.29, 1.82) is 5.26 Å². The van der Waals surface area contributed by atoms with Gasteiger partial charge in [0.05, 0.1) is 35.8 Å². The van der Waals surface area contributed by atoms with Gasteiger partial charge in [-0.05, 0) is 79.6 Å². The lowest BCUT2D eigenvalue weighted by Crippen LogP contribution is -2.27. The maximum Gasteiger partial charge on any atom is 0.337 e. The molecule has 0 radical (unpaired) electrons. The number of nitriles is 1. The number of benzene rings is 2. The molecule has 2 amide bonds. The molecule has 0 unspecified atom stereocenters. The summed E-state index contributed by atoms with van der Waals surface area (Å²) < 4.78 is 6.87. The molecular weight excluding hydrogens is 462 g/mol. The van der Waals surface area contributed by atoms with Crippen LogP contribution in [0.4, 0.5) is 4.79 Å². The van der Waals surface area contributed by atoms with Gasteiger partial charge in [-0.3, -0.25) is 14.5 Å². The van der Waals surface area contributed by atoms with Crippen LogP contribution >= 0.6 is 11.8 Å². The molecular formula is C27H23N3O4S. The normalized spacial score (nSPS) is 14.5. The fourth-order valence-corrected chi connectivity index (χ4v) is 4.94. The van der Waals surface area contributed by atoms with Crippen LogP contribution in [-0.2, 0) is 16.1 Å². The fraction of sp³-hybridized carbons (Fsp3) is 0.185. The zero-order valence-corrected chi connectivity index (χ0v) is 20.6. The standard InChI is InChI=1S/C27H23N3O4S/c1-16-9-10-19(26(32)34-4)12-23(16)30-17(2)11-22(18(30)3)13-24-25(31)29(27(33)35-24)15-21-8-6-5-7-20(21)14-28/h5-13H,15H2,1-4H3/b24-13+. The third kappa shape index (κ3) is 4.51. The number of carbonyl (C=O) groups excluding carboxylic acids is 3. The Hall–Kier alpha value is -4.09. The number of aryl methyl sites for hydroxylation is 2. The summed E-state index contributed by atoms with van der Waals surface area (Å²) in [5.74, 6) is -0.804. The number of hydrogen-bond acceptors (Lipinski definition) is 6. The van der Waals surface area contributed by atoms with Gasteiger partial charge in [-0.15, -0.1) is 0 Å². The first-order valence-corrected chi connectivity index (χ1v) is 11.7. The molecule has 7 nitrogen and oxygen atoms in total. The van der Waals surface area contributed by atoms with Crippen LogP contribution in [-0.4, -0.2) is 33.7 Å². The van der Waals surface area contributed by atoms with Crippen LogP contribution in [0.3, 0.4) is 0 Å². The van der Waals surface area contributed by atoms with E-state index in [0.717, 1.165) is 44.9 Å². The van der Waals surface area contributed by atoms with Gasteiger partial charge in [0, 0.05) is 17.1 Å². The summed E-state index contributed by atoms with van der Waals surface area (Å²) in [6.45, 7) is 5.87. The lowest BCUT2D eigenvalue weighted by atomic mass is 10.1. The molecule has 1 aliphatic rings. The predicted molar refractivity (Wildman–Crippen MR) is 134 cm³/mol. The van der Waals surface area contributed by atoms with E-state index in [9.17, 15) is 19.6 Å². The van der Waals surface area contributed by atoms with Crippen LogP contribution in [0.25, 0.3) is 11.8 Å². The predicted octanol–water partition coefficient (Wildman–Crippen LogP) is 5.30. The number of imide groups is 1. The van der Waals surface area contributed by atoms with Gasteiger partial charge in [0.25, 0.3) is 11.1 Å². The van der Waals surface area contributed by atoms with Crippen molar-refractivity contribution in [2.24, 2.45) is 0 Å². The highest BCUT2D eigenvalue weighted by Crippen LogP contribution is 2.35. The largest absolute Gasteiger partial charge is 0.465 e. The maximum absolute atomic E-state index is 13.1. The minimum atomic E-state index is -0.416. The fourth-order valence-electron chi connectivity index (χ4n) is 4.11. The molecule has 176 valence electrons. The third-order valence-corrected chi connectivity index (χ3v) is 6.88. The van der Waals surface area contributed by atoms with E-state index in [0.29, 0.717) is 21.6 Å². The van der Waals surface area contributed by atoms with Crippen molar-refractivity contribution in [2.45, 2.75) is 27.3 Å². The molecule has 1 aliphatic heterocycles.